The van der Waals surface area contributed by atoms with Crippen molar-refractivity contribution in [2.45, 2.75) is 19.8 Å². The van der Waals surface area contributed by atoms with Crippen LogP contribution in [0.25, 0.3) is 22.6 Å². The SMILES string of the molecule is COc1ccc(-c2ocnc2-c2cc(C(C)C)c(O)cc2O)cc1OC. The Balaban J connectivity index is 2.15. The Bertz CT molecular complexity index is 930. The number of hydrogen-bond acceptors (Lipinski definition) is 6. The molecular weight excluding hydrogens is 334 g/mol. The van der Waals surface area contributed by atoms with Gasteiger partial charge in [-0.3, -0.25) is 0 Å². The first-order valence-corrected chi connectivity index (χ1v) is 8.18. The highest BCUT2D eigenvalue weighted by molar-refractivity contribution is 5.81. The van der Waals surface area contributed by atoms with Crippen LogP contribution in [-0.2, 0) is 0 Å². The van der Waals surface area contributed by atoms with Crippen molar-refractivity contribution < 1.29 is 24.1 Å². The summed E-state index contributed by atoms with van der Waals surface area (Å²) in [7, 11) is 3.13. The minimum atomic E-state index is -0.0671. The van der Waals surface area contributed by atoms with Crippen molar-refractivity contribution in [1.29, 1.82) is 0 Å². The summed E-state index contributed by atoms with van der Waals surface area (Å²) < 4.78 is 16.2. The number of aromatic hydroxyl groups is 2. The molecular formula is C20H21NO5. The first-order chi connectivity index (χ1) is 12.5. The Hall–Kier alpha value is -3.15. The number of oxazole rings is 1. The maximum atomic E-state index is 10.3. The van der Waals surface area contributed by atoms with Gasteiger partial charge in [-0.25, -0.2) is 4.98 Å². The molecule has 136 valence electrons. The molecule has 1 heterocycles. The van der Waals surface area contributed by atoms with Gasteiger partial charge >= 0.3 is 0 Å². The molecule has 2 aromatic carbocycles. The van der Waals surface area contributed by atoms with E-state index in [4.69, 9.17) is 13.9 Å². The third kappa shape index (κ3) is 3.06. The van der Waals surface area contributed by atoms with Gasteiger partial charge in [0.15, 0.2) is 23.7 Å². The predicted molar refractivity (Wildman–Crippen MR) is 97.9 cm³/mol. The van der Waals surface area contributed by atoms with Gasteiger partial charge in [0.25, 0.3) is 0 Å². The number of hydrogen-bond donors (Lipinski definition) is 2. The average molecular weight is 355 g/mol. The highest BCUT2D eigenvalue weighted by atomic mass is 16.5. The van der Waals surface area contributed by atoms with Crippen LogP contribution < -0.4 is 9.47 Å². The van der Waals surface area contributed by atoms with Gasteiger partial charge in [0.05, 0.1) is 14.2 Å². The average Bonchev–Trinajstić information content (AvgIpc) is 3.10. The molecule has 0 spiro atoms. The number of benzene rings is 2. The van der Waals surface area contributed by atoms with E-state index in [1.54, 1.807) is 32.4 Å². The lowest BCUT2D eigenvalue weighted by atomic mass is 9.96. The van der Waals surface area contributed by atoms with E-state index in [-0.39, 0.29) is 17.4 Å². The molecule has 26 heavy (non-hydrogen) atoms. The molecule has 3 rings (SSSR count). The zero-order chi connectivity index (χ0) is 18.8. The molecule has 0 aliphatic heterocycles. The quantitative estimate of drug-likeness (QED) is 0.698. The van der Waals surface area contributed by atoms with E-state index in [2.05, 4.69) is 4.98 Å². The molecule has 0 bridgehead atoms. The zero-order valence-corrected chi connectivity index (χ0v) is 15.1. The monoisotopic (exact) mass is 355 g/mol. The summed E-state index contributed by atoms with van der Waals surface area (Å²) in [5.74, 6) is 1.73. The van der Waals surface area contributed by atoms with E-state index in [0.29, 0.717) is 28.5 Å². The van der Waals surface area contributed by atoms with Gasteiger partial charge in [0.2, 0.25) is 0 Å². The zero-order valence-electron chi connectivity index (χ0n) is 15.1. The van der Waals surface area contributed by atoms with Crippen molar-refractivity contribution in [2.24, 2.45) is 0 Å². The van der Waals surface area contributed by atoms with Gasteiger partial charge in [-0.05, 0) is 35.7 Å². The van der Waals surface area contributed by atoms with Gasteiger partial charge in [0.1, 0.15) is 17.2 Å². The Labute approximate surface area is 151 Å². The smallest absolute Gasteiger partial charge is 0.182 e. The number of aromatic nitrogens is 1. The molecule has 0 atom stereocenters. The fourth-order valence-corrected chi connectivity index (χ4v) is 2.87. The fraction of sp³-hybridized carbons (Fsp3) is 0.250. The largest absolute Gasteiger partial charge is 0.508 e. The van der Waals surface area contributed by atoms with Crippen LogP contribution in [0.4, 0.5) is 0 Å². The molecule has 0 saturated heterocycles. The molecule has 6 heteroatoms. The molecule has 1 aromatic heterocycles. The Kier molecular flexibility index (Phi) is 4.75. The van der Waals surface area contributed by atoms with Crippen molar-refractivity contribution >= 4 is 0 Å². The molecule has 0 fully saturated rings. The molecule has 0 saturated carbocycles. The second kappa shape index (κ2) is 7.00. The summed E-state index contributed by atoms with van der Waals surface area (Å²) in [4.78, 5) is 4.27. The lowest BCUT2D eigenvalue weighted by Crippen LogP contribution is -1.93. The topological polar surface area (TPSA) is 85.0 Å². The number of methoxy groups -OCH3 is 2. The number of phenolic OH excluding ortho intramolecular Hbond substituents is 2. The van der Waals surface area contributed by atoms with Crippen LogP contribution in [0.15, 0.2) is 41.1 Å². The molecule has 0 aliphatic carbocycles. The van der Waals surface area contributed by atoms with Crippen molar-refractivity contribution in [1.82, 2.24) is 4.98 Å². The highest BCUT2D eigenvalue weighted by Gasteiger charge is 2.20. The van der Waals surface area contributed by atoms with Crippen molar-refractivity contribution in [3.05, 3.63) is 42.3 Å². The van der Waals surface area contributed by atoms with Crippen LogP contribution >= 0.6 is 0 Å². The van der Waals surface area contributed by atoms with E-state index in [1.807, 2.05) is 19.9 Å². The summed E-state index contributed by atoms with van der Waals surface area (Å²) in [5, 5.41) is 20.4. The summed E-state index contributed by atoms with van der Waals surface area (Å²) in [6.07, 6.45) is 1.32. The van der Waals surface area contributed by atoms with Crippen molar-refractivity contribution in [2.75, 3.05) is 14.2 Å². The van der Waals surface area contributed by atoms with Crippen LogP contribution in [0.3, 0.4) is 0 Å². The fourth-order valence-electron chi connectivity index (χ4n) is 2.87. The van der Waals surface area contributed by atoms with Gasteiger partial charge in [0, 0.05) is 17.2 Å². The lowest BCUT2D eigenvalue weighted by Gasteiger charge is -2.13. The number of nitrogens with zero attached hydrogens (tertiary/aromatic N) is 1. The minimum absolute atomic E-state index is 0.0532. The van der Waals surface area contributed by atoms with Gasteiger partial charge in [-0.1, -0.05) is 13.8 Å². The Morgan fingerprint density at radius 3 is 2.35 bits per heavy atom. The van der Waals surface area contributed by atoms with E-state index in [0.717, 1.165) is 11.1 Å². The molecule has 0 aliphatic rings. The van der Waals surface area contributed by atoms with Crippen molar-refractivity contribution in [3.8, 4) is 45.6 Å². The molecule has 0 unspecified atom stereocenters. The summed E-state index contributed by atoms with van der Waals surface area (Å²) in [6.45, 7) is 3.93. The lowest BCUT2D eigenvalue weighted by molar-refractivity contribution is 0.355. The summed E-state index contributed by atoms with van der Waals surface area (Å²) in [6, 6.07) is 8.45. The third-order valence-corrected chi connectivity index (χ3v) is 4.24. The van der Waals surface area contributed by atoms with Gasteiger partial charge in [-0.15, -0.1) is 0 Å². The Morgan fingerprint density at radius 2 is 1.69 bits per heavy atom. The number of ether oxygens (including phenoxy) is 2. The van der Waals surface area contributed by atoms with Crippen LogP contribution in [0.2, 0.25) is 0 Å². The van der Waals surface area contributed by atoms with Crippen LogP contribution in [0, 0.1) is 0 Å². The highest BCUT2D eigenvalue weighted by Crippen LogP contribution is 2.42. The number of phenols is 2. The Morgan fingerprint density at radius 1 is 0.962 bits per heavy atom. The van der Waals surface area contributed by atoms with Crippen LogP contribution in [0.5, 0.6) is 23.0 Å². The van der Waals surface area contributed by atoms with E-state index < -0.39 is 0 Å². The maximum Gasteiger partial charge on any atom is 0.182 e. The number of rotatable bonds is 5. The first-order valence-electron chi connectivity index (χ1n) is 8.18. The molecule has 3 aromatic rings. The van der Waals surface area contributed by atoms with Crippen LogP contribution in [-0.4, -0.2) is 29.4 Å². The molecule has 0 amide bonds. The normalized spacial score (nSPS) is 11.0. The minimum Gasteiger partial charge on any atom is -0.508 e. The second-order valence-corrected chi connectivity index (χ2v) is 6.18. The van der Waals surface area contributed by atoms with E-state index in [9.17, 15) is 10.2 Å². The van der Waals surface area contributed by atoms with E-state index in [1.165, 1.54) is 12.5 Å². The summed E-state index contributed by atoms with van der Waals surface area (Å²) in [5.41, 5.74) is 2.43. The molecule has 6 nitrogen and oxygen atoms in total. The maximum absolute atomic E-state index is 10.3. The standard InChI is InChI=1S/C20H21NO5/c1-11(2)13-8-14(16(23)9-15(13)22)19-20(26-10-21-19)12-5-6-17(24-3)18(7-12)25-4/h5-11,22-23H,1-4H3. The second-order valence-electron chi connectivity index (χ2n) is 6.18. The third-order valence-electron chi connectivity index (χ3n) is 4.24. The molecule has 2 N–H and O–H groups in total. The predicted octanol–water partition coefficient (Wildman–Crippen LogP) is 4.56. The van der Waals surface area contributed by atoms with E-state index >= 15 is 0 Å². The van der Waals surface area contributed by atoms with Crippen LogP contribution in [0.1, 0.15) is 25.3 Å². The summed E-state index contributed by atoms with van der Waals surface area (Å²) >= 11 is 0. The van der Waals surface area contributed by atoms with Gasteiger partial charge < -0.3 is 24.1 Å². The van der Waals surface area contributed by atoms with Crippen molar-refractivity contribution in [3.63, 3.8) is 0 Å². The molecule has 0 radical (unpaired) electrons. The van der Waals surface area contributed by atoms with Gasteiger partial charge in [-0.2, -0.15) is 0 Å². The first kappa shape index (κ1) is 17.7.